The molecule has 0 aromatic heterocycles. The Labute approximate surface area is 115 Å². The van der Waals surface area contributed by atoms with E-state index in [2.05, 4.69) is 17.1 Å². The molecule has 1 saturated heterocycles. The minimum atomic E-state index is -0.0742. The Bertz CT molecular complexity index is 456. The highest BCUT2D eigenvalue weighted by Crippen LogP contribution is 2.36. The first kappa shape index (κ1) is 12.9. The van der Waals surface area contributed by atoms with Gasteiger partial charge in [0.1, 0.15) is 5.82 Å². The summed E-state index contributed by atoms with van der Waals surface area (Å²) in [6, 6.07) is 6.56. The van der Waals surface area contributed by atoms with E-state index in [1.807, 2.05) is 19.1 Å². The number of rotatable bonds is 3. The van der Waals surface area contributed by atoms with E-state index in [0.29, 0.717) is 12.1 Å². The molecule has 3 rings (SSSR count). The minimum absolute atomic E-state index is 0.0742. The number of nitrogens with one attached hydrogen (secondary N) is 1. The van der Waals surface area contributed by atoms with Gasteiger partial charge in [-0.1, -0.05) is 13.0 Å². The molecular formula is C16H23FN2. The van der Waals surface area contributed by atoms with E-state index in [-0.39, 0.29) is 5.82 Å². The van der Waals surface area contributed by atoms with Crippen LogP contribution < -0.4 is 10.2 Å². The maximum absolute atomic E-state index is 14.2. The molecule has 19 heavy (non-hydrogen) atoms. The SMILES string of the molecule is CCC1CNC(C2CC2)CN1c1ccc(C)cc1F. The maximum Gasteiger partial charge on any atom is 0.146 e. The molecular weight excluding hydrogens is 239 g/mol. The van der Waals surface area contributed by atoms with Crippen molar-refractivity contribution in [1.82, 2.24) is 5.32 Å². The molecule has 1 aromatic rings. The summed E-state index contributed by atoms with van der Waals surface area (Å²) in [4.78, 5) is 2.29. The van der Waals surface area contributed by atoms with Gasteiger partial charge in [0.15, 0.2) is 0 Å². The molecule has 2 fully saturated rings. The van der Waals surface area contributed by atoms with Crippen molar-refractivity contribution >= 4 is 5.69 Å². The average molecular weight is 262 g/mol. The van der Waals surface area contributed by atoms with Crippen LogP contribution in [-0.4, -0.2) is 25.2 Å². The van der Waals surface area contributed by atoms with Crippen LogP contribution in [0.15, 0.2) is 18.2 Å². The molecule has 2 atom stereocenters. The predicted octanol–water partition coefficient (Wildman–Crippen LogP) is 3.10. The van der Waals surface area contributed by atoms with Crippen molar-refractivity contribution in [3.05, 3.63) is 29.6 Å². The van der Waals surface area contributed by atoms with Crippen LogP contribution in [-0.2, 0) is 0 Å². The molecule has 1 N–H and O–H groups in total. The fourth-order valence-corrected chi connectivity index (χ4v) is 3.14. The zero-order valence-electron chi connectivity index (χ0n) is 11.8. The number of hydrogen-bond acceptors (Lipinski definition) is 2. The molecule has 2 unspecified atom stereocenters. The van der Waals surface area contributed by atoms with Gasteiger partial charge in [-0.05, 0) is 49.8 Å². The lowest BCUT2D eigenvalue weighted by molar-refractivity contribution is 0.357. The van der Waals surface area contributed by atoms with Gasteiger partial charge in [0.25, 0.3) is 0 Å². The van der Waals surface area contributed by atoms with Gasteiger partial charge in [-0.3, -0.25) is 0 Å². The van der Waals surface area contributed by atoms with Gasteiger partial charge in [0.05, 0.1) is 5.69 Å². The van der Waals surface area contributed by atoms with Gasteiger partial charge in [-0.15, -0.1) is 0 Å². The highest BCUT2D eigenvalue weighted by Gasteiger charge is 2.37. The smallest absolute Gasteiger partial charge is 0.146 e. The summed E-state index contributed by atoms with van der Waals surface area (Å²) in [6.45, 7) is 6.05. The first-order chi connectivity index (χ1) is 9.19. The zero-order valence-corrected chi connectivity index (χ0v) is 11.8. The second-order valence-electron chi connectivity index (χ2n) is 6.02. The lowest BCUT2D eigenvalue weighted by Gasteiger charge is -2.42. The molecule has 3 heteroatoms. The Morgan fingerprint density at radius 1 is 1.37 bits per heavy atom. The molecule has 0 amide bonds. The highest BCUT2D eigenvalue weighted by atomic mass is 19.1. The Kier molecular flexibility index (Phi) is 3.48. The van der Waals surface area contributed by atoms with Crippen LogP contribution in [0.2, 0.25) is 0 Å². The topological polar surface area (TPSA) is 15.3 Å². The van der Waals surface area contributed by atoms with E-state index in [9.17, 15) is 4.39 Å². The quantitative estimate of drug-likeness (QED) is 0.900. The van der Waals surface area contributed by atoms with E-state index in [4.69, 9.17) is 0 Å². The molecule has 0 spiro atoms. The fourth-order valence-electron chi connectivity index (χ4n) is 3.14. The summed E-state index contributed by atoms with van der Waals surface area (Å²) in [6.07, 6.45) is 3.72. The van der Waals surface area contributed by atoms with Gasteiger partial charge < -0.3 is 10.2 Å². The van der Waals surface area contributed by atoms with Crippen molar-refractivity contribution in [3.8, 4) is 0 Å². The number of hydrogen-bond donors (Lipinski definition) is 1. The van der Waals surface area contributed by atoms with Crippen LogP contribution in [0.1, 0.15) is 31.7 Å². The van der Waals surface area contributed by atoms with E-state index in [1.165, 1.54) is 12.8 Å². The van der Waals surface area contributed by atoms with Gasteiger partial charge >= 0.3 is 0 Å². The first-order valence-corrected chi connectivity index (χ1v) is 7.45. The average Bonchev–Trinajstić information content (AvgIpc) is 3.22. The van der Waals surface area contributed by atoms with Gasteiger partial charge in [-0.25, -0.2) is 4.39 Å². The number of anilines is 1. The Hall–Kier alpha value is -1.09. The molecule has 1 aliphatic heterocycles. The molecule has 2 aliphatic rings. The van der Waals surface area contributed by atoms with Crippen LogP contribution in [0.4, 0.5) is 10.1 Å². The summed E-state index contributed by atoms with van der Waals surface area (Å²) >= 11 is 0. The van der Waals surface area contributed by atoms with Crippen LogP contribution in [0.25, 0.3) is 0 Å². The van der Waals surface area contributed by atoms with Gasteiger partial charge in [0, 0.05) is 25.2 Å². The number of halogens is 1. The molecule has 0 radical (unpaired) electrons. The molecule has 0 bridgehead atoms. The van der Waals surface area contributed by atoms with Crippen molar-refractivity contribution < 1.29 is 4.39 Å². The van der Waals surface area contributed by atoms with Crippen molar-refractivity contribution in [2.24, 2.45) is 5.92 Å². The van der Waals surface area contributed by atoms with Gasteiger partial charge in [-0.2, -0.15) is 0 Å². The largest absolute Gasteiger partial charge is 0.363 e. The number of benzene rings is 1. The van der Waals surface area contributed by atoms with Crippen LogP contribution in [0.3, 0.4) is 0 Å². The molecule has 1 saturated carbocycles. The highest BCUT2D eigenvalue weighted by molar-refractivity contribution is 5.51. The molecule has 2 nitrogen and oxygen atoms in total. The Morgan fingerprint density at radius 3 is 2.79 bits per heavy atom. The van der Waals surface area contributed by atoms with Crippen LogP contribution in [0.5, 0.6) is 0 Å². The minimum Gasteiger partial charge on any atom is -0.363 e. The van der Waals surface area contributed by atoms with Gasteiger partial charge in [0.2, 0.25) is 0 Å². The van der Waals surface area contributed by atoms with E-state index >= 15 is 0 Å². The maximum atomic E-state index is 14.2. The molecule has 1 aliphatic carbocycles. The van der Waals surface area contributed by atoms with Crippen LogP contribution >= 0.6 is 0 Å². The number of aryl methyl sites for hydroxylation is 1. The van der Waals surface area contributed by atoms with Crippen molar-refractivity contribution in [2.75, 3.05) is 18.0 Å². The fraction of sp³-hybridized carbons (Fsp3) is 0.625. The summed E-state index contributed by atoms with van der Waals surface area (Å²) in [5.41, 5.74) is 1.77. The Balaban J connectivity index is 1.85. The summed E-state index contributed by atoms with van der Waals surface area (Å²) in [7, 11) is 0. The third-order valence-corrected chi connectivity index (χ3v) is 4.52. The van der Waals surface area contributed by atoms with E-state index in [0.717, 1.165) is 36.7 Å². The number of nitrogens with zero attached hydrogens (tertiary/aromatic N) is 1. The summed E-state index contributed by atoms with van der Waals surface area (Å²) in [5, 5.41) is 3.65. The van der Waals surface area contributed by atoms with Crippen molar-refractivity contribution in [2.45, 2.75) is 45.2 Å². The third kappa shape index (κ3) is 2.62. The third-order valence-electron chi connectivity index (χ3n) is 4.52. The second kappa shape index (κ2) is 5.12. The normalized spacial score (nSPS) is 27.6. The molecule has 104 valence electrons. The summed E-state index contributed by atoms with van der Waals surface area (Å²) < 4.78 is 14.2. The van der Waals surface area contributed by atoms with E-state index in [1.54, 1.807) is 6.07 Å². The van der Waals surface area contributed by atoms with Crippen LogP contribution in [0, 0.1) is 18.7 Å². The van der Waals surface area contributed by atoms with Crippen molar-refractivity contribution in [1.29, 1.82) is 0 Å². The Morgan fingerprint density at radius 2 is 2.16 bits per heavy atom. The standard InChI is InChI=1S/C16H23FN2/c1-3-13-9-18-15(12-5-6-12)10-19(13)16-7-4-11(2)8-14(16)17/h4,7-8,12-13,15,18H,3,5-6,9-10H2,1-2H3. The zero-order chi connectivity index (χ0) is 13.4. The second-order valence-corrected chi connectivity index (χ2v) is 6.02. The lowest BCUT2D eigenvalue weighted by atomic mass is 10.0. The number of piperazine rings is 1. The first-order valence-electron chi connectivity index (χ1n) is 7.45. The predicted molar refractivity (Wildman–Crippen MR) is 77.1 cm³/mol. The van der Waals surface area contributed by atoms with E-state index < -0.39 is 0 Å². The van der Waals surface area contributed by atoms with Crippen molar-refractivity contribution in [3.63, 3.8) is 0 Å². The molecule has 1 aromatic carbocycles. The summed E-state index contributed by atoms with van der Waals surface area (Å²) in [5.74, 6) is 0.740. The molecule has 1 heterocycles. The monoisotopic (exact) mass is 262 g/mol. The lowest BCUT2D eigenvalue weighted by Crippen LogP contribution is -2.57.